The molecule has 2 aromatic rings. The second kappa shape index (κ2) is 11.7. The standard InChI is InChI=1S/C17H23F2N5O.HI/c1-20-17(21-9-3-11-24-12-4-10-22-24)23(2)13-14-5-7-15(8-6-14)25-16(18)19;/h4-8,10,12,16H,3,9,11,13H2,1-2H3,(H,20,21);1H. The van der Waals surface area contributed by atoms with Crippen molar-refractivity contribution in [2.75, 3.05) is 20.6 Å². The van der Waals surface area contributed by atoms with Gasteiger partial charge < -0.3 is 15.0 Å². The topological polar surface area (TPSA) is 54.7 Å². The molecule has 0 aliphatic rings. The van der Waals surface area contributed by atoms with Crippen molar-refractivity contribution in [1.29, 1.82) is 0 Å². The first-order valence-corrected chi connectivity index (χ1v) is 8.01. The van der Waals surface area contributed by atoms with Crippen LogP contribution < -0.4 is 10.1 Å². The van der Waals surface area contributed by atoms with Crippen LogP contribution in [0, 0.1) is 0 Å². The van der Waals surface area contributed by atoms with Crippen LogP contribution >= 0.6 is 24.0 Å². The van der Waals surface area contributed by atoms with E-state index in [-0.39, 0.29) is 29.7 Å². The summed E-state index contributed by atoms with van der Waals surface area (Å²) in [6.07, 6.45) is 4.62. The number of hydrogen-bond acceptors (Lipinski definition) is 3. The van der Waals surface area contributed by atoms with Gasteiger partial charge in [0, 0.05) is 46.1 Å². The van der Waals surface area contributed by atoms with Gasteiger partial charge in [-0.1, -0.05) is 12.1 Å². The fourth-order valence-corrected chi connectivity index (χ4v) is 2.38. The number of hydrogen-bond donors (Lipinski definition) is 1. The molecule has 0 aliphatic heterocycles. The first-order chi connectivity index (χ1) is 12.1. The van der Waals surface area contributed by atoms with Crippen LogP contribution in [0.5, 0.6) is 5.75 Å². The van der Waals surface area contributed by atoms with Gasteiger partial charge in [0.05, 0.1) is 0 Å². The average Bonchev–Trinajstić information content (AvgIpc) is 3.09. The molecule has 144 valence electrons. The maximum atomic E-state index is 12.2. The largest absolute Gasteiger partial charge is 0.435 e. The van der Waals surface area contributed by atoms with Gasteiger partial charge in [0.2, 0.25) is 0 Å². The van der Waals surface area contributed by atoms with Gasteiger partial charge in [0.15, 0.2) is 5.96 Å². The molecular weight excluding hydrogens is 455 g/mol. The summed E-state index contributed by atoms with van der Waals surface area (Å²) < 4.78 is 30.6. The van der Waals surface area contributed by atoms with E-state index in [4.69, 9.17) is 0 Å². The first kappa shape index (κ1) is 22.1. The summed E-state index contributed by atoms with van der Waals surface area (Å²) >= 11 is 0. The second-order valence-corrected chi connectivity index (χ2v) is 5.48. The minimum Gasteiger partial charge on any atom is -0.435 e. The van der Waals surface area contributed by atoms with Crippen LogP contribution in [0.1, 0.15) is 12.0 Å². The predicted molar refractivity (Wildman–Crippen MR) is 108 cm³/mol. The monoisotopic (exact) mass is 479 g/mol. The molecule has 0 unspecified atom stereocenters. The van der Waals surface area contributed by atoms with Gasteiger partial charge in [0.25, 0.3) is 0 Å². The fraction of sp³-hybridized carbons (Fsp3) is 0.412. The molecule has 1 aromatic carbocycles. The Labute approximate surface area is 169 Å². The quantitative estimate of drug-likeness (QED) is 0.274. The van der Waals surface area contributed by atoms with E-state index >= 15 is 0 Å². The number of ether oxygens (including phenoxy) is 1. The van der Waals surface area contributed by atoms with Gasteiger partial charge in [-0.2, -0.15) is 13.9 Å². The van der Waals surface area contributed by atoms with Crippen molar-refractivity contribution in [2.45, 2.75) is 26.1 Å². The molecule has 9 heteroatoms. The minimum absolute atomic E-state index is 0. The highest BCUT2D eigenvalue weighted by Gasteiger charge is 2.08. The molecular formula is C17H24F2IN5O. The molecule has 0 spiro atoms. The van der Waals surface area contributed by atoms with Crippen molar-refractivity contribution >= 4 is 29.9 Å². The summed E-state index contributed by atoms with van der Waals surface area (Å²) in [7, 11) is 3.65. The van der Waals surface area contributed by atoms with Crippen LogP contribution in [0.15, 0.2) is 47.7 Å². The van der Waals surface area contributed by atoms with Gasteiger partial charge in [-0.3, -0.25) is 9.67 Å². The van der Waals surface area contributed by atoms with Gasteiger partial charge in [-0.05, 0) is 30.2 Å². The lowest BCUT2D eigenvalue weighted by atomic mass is 10.2. The Morgan fingerprint density at radius 2 is 2.08 bits per heavy atom. The molecule has 2 rings (SSSR count). The predicted octanol–water partition coefficient (Wildman–Crippen LogP) is 3.20. The Balaban J connectivity index is 0.00000338. The summed E-state index contributed by atoms with van der Waals surface area (Å²) in [5, 5.41) is 7.46. The van der Waals surface area contributed by atoms with Crippen molar-refractivity contribution in [3.8, 4) is 5.75 Å². The molecule has 0 saturated heterocycles. The molecule has 0 amide bonds. The number of aryl methyl sites for hydroxylation is 1. The first-order valence-electron chi connectivity index (χ1n) is 8.01. The van der Waals surface area contributed by atoms with Gasteiger partial charge in [-0.15, -0.1) is 24.0 Å². The Kier molecular flexibility index (Phi) is 9.92. The number of aromatic nitrogens is 2. The number of rotatable bonds is 8. The second-order valence-electron chi connectivity index (χ2n) is 5.48. The number of nitrogens with zero attached hydrogens (tertiary/aromatic N) is 4. The Morgan fingerprint density at radius 3 is 2.65 bits per heavy atom. The molecule has 1 heterocycles. The summed E-state index contributed by atoms with van der Waals surface area (Å²) in [6, 6.07) is 8.50. The third-order valence-corrected chi connectivity index (χ3v) is 3.55. The number of nitrogens with one attached hydrogen (secondary N) is 1. The molecule has 0 bridgehead atoms. The highest BCUT2D eigenvalue weighted by molar-refractivity contribution is 14.0. The van der Waals surface area contributed by atoms with E-state index < -0.39 is 6.61 Å². The van der Waals surface area contributed by atoms with Crippen LogP contribution in [0.2, 0.25) is 0 Å². The van der Waals surface area contributed by atoms with Gasteiger partial charge in [0.1, 0.15) is 5.75 Å². The van der Waals surface area contributed by atoms with E-state index in [0.717, 1.165) is 31.0 Å². The highest BCUT2D eigenvalue weighted by atomic mass is 127. The molecule has 26 heavy (non-hydrogen) atoms. The van der Waals surface area contributed by atoms with Crippen LogP contribution in [-0.4, -0.2) is 47.9 Å². The zero-order valence-electron chi connectivity index (χ0n) is 14.8. The van der Waals surface area contributed by atoms with E-state index in [0.29, 0.717) is 6.54 Å². The summed E-state index contributed by atoms with van der Waals surface area (Å²) in [5.74, 6) is 0.927. The van der Waals surface area contributed by atoms with E-state index in [2.05, 4.69) is 20.1 Å². The summed E-state index contributed by atoms with van der Waals surface area (Å²) in [5.41, 5.74) is 0.976. The number of guanidine groups is 1. The molecule has 0 fully saturated rings. The number of aliphatic imine (C=N–C) groups is 1. The molecule has 0 atom stereocenters. The summed E-state index contributed by atoms with van der Waals surface area (Å²) in [4.78, 5) is 6.23. The normalized spacial score (nSPS) is 11.2. The molecule has 1 aromatic heterocycles. The van der Waals surface area contributed by atoms with Gasteiger partial charge >= 0.3 is 6.61 Å². The SMILES string of the molecule is CN=C(NCCCn1cccn1)N(C)Cc1ccc(OC(F)F)cc1.I. The lowest BCUT2D eigenvalue weighted by Gasteiger charge is -2.22. The van der Waals surface area contributed by atoms with Crippen molar-refractivity contribution in [2.24, 2.45) is 4.99 Å². The van der Waals surface area contributed by atoms with Gasteiger partial charge in [-0.25, -0.2) is 0 Å². The van der Waals surface area contributed by atoms with Crippen molar-refractivity contribution in [3.63, 3.8) is 0 Å². The molecule has 0 aliphatic carbocycles. The highest BCUT2D eigenvalue weighted by Crippen LogP contribution is 2.15. The third-order valence-electron chi connectivity index (χ3n) is 3.55. The Bertz CT molecular complexity index is 650. The van der Waals surface area contributed by atoms with E-state index in [1.54, 1.807) is 25.4 Å². The molecule has 0 saturated carbocycles. The molecule has 1 N–H and O–H groups in total. The van der Waals surface area contributed by atoms with Crippen LogP contribution in [-0.2, 0) is 13.1 Å². The van der Waals surface area contributed by atoms with E-state index in [1.807, 2.05) is 28.9 Å². The Hall–Kier alpha value is -1.91. The Morgan fingerprint density at radius 1 is 1.35 bits per heavy atom. The lowest BCUT2D eigenvalue weighted by molar-refractivity contribution is -0.0498. The summed E-state index contributed by atoms with van der Waals surface area (Å²) in [6.45, 7) is -0.587. The van der Waals surface area contributed by atoms with Crippen LogP contribution in [0.25, 0.3) is 0 Å². The average molecular weight is 479 g/mol. The number of alkyl halides is 2. The zero-order chi connectivity index (χ0) is 18.1. The fourth-order valence-electron chi connectivity index (χ4n) is 2.38. The number of benzene rings is 1. The van der Waals surface area contributed by atoms with Crippen molar-refractivity contribution in [3.05, 3.63) is 48.3 Å². The molecule has 0 radical (unpaired) electrons. The van der Waals surface area contributed by atoms with Crippen LogP contribution in [0.4, 0.5) is 8.78 Å². The van der Waals surface area contributed by atoms with E-state index in [9.17, 15) is 8.78 Å². The number of halogens is 3. The lowest BCUT2D eigenvalue weighted by Crippen LogP contribution is -2.39. The van der Waals surface area contributed by atoms with E-state index in [1.165, 1.54) is 12.1 Å². The smallest absolute Gasteiger partial charge is 0.387 e. The van der Waals surface area contributed by atoms with Crippen LogP contribution in [0.3, 0.4) is 0 Å². The maximum Gasteiger partial charge on any atom is 0.387 e. The maximum absolute atomic E-state index is 12.2. The minimum atomic E-state index is -2.81. The molecule has 6 nitrogen and oxygen atoms in total. The zero-order valence-corrected chi connectivity index (χ0v) is 17.1. The van der Waals surface area contributed by atoms with Crippen molar-refractivity contribution < 1.29 is 13.5 Å². The third kappa shape index (κ3) is 7.54. The van der Waals surface area contributed by atoms with Crippen molar-refractivity contribution in [1.82, 2.24) is 20.0 Å².